The number of carbonyl (C=O) groups excluding carboxylic acids is 1. The van der Waals surface area contributed by atoms with Gasteiger partial charge in [0.25, 0.3) is 5.91 Å². The van der Waals surface area contributed by atoms with Crippen LogP contribution in [0.25, 0.3) is 5.70 Å². The molecule has 2 aliphatic rings. The molecule has 0 spiro atoms. The van der Waals surface area contributed by atoms with E-state index in [1.807, 2.05) is 67.8 Å². The molecule has 1 amide bonds. The molecule has 3 aromatic rings. The number of hydrogen-bond acceptors (Lipinski definition) is 7. The zero-order valence-electron chi connectivity index (χ0n) is 19.5. The summed E-state index contributed by atoms with van der Waals surface area (Å²) in [5.41, 5.74) is 2.16. The molecule has 184 valence electrons. The Morgan fingerprint density at radius 1 is 1.14 bits per heavy atom. The van der Waals surface area contributed by atoms with E-state index < -0.39 is 6.17 Å². The number of amides is 1. The molecule has 0 unspecified atom stereocenters. The molecule has 10 heteroatoms. The fourth-order valence-corrected chi connectivity index (χ4v) is 5.03. The van der Waals surface area contributed by atoms with Gasteiger partial charge in [-0.3, -0.25) is 15.1 Å². The first kappa shape index (κ1) is 24.7. The second-order valence-electron chi connectivity index (χ2n) is 7.96. The van der Waals surface area contributed by atoms with Gasteiger partial charge in [0.05, 0.1) is 17.0 Å². The maximum Gasteiger partial charge on any atom is 0.276 e. The first-order valence-corrected chi connectivity index (χ1v) is 13.6. The van der Waals surface area contributed by atoms with Crippen molar-refractivity contribution < 1.29 is 14.3 Å². The lowest BCUT2D eigenvalue weighted by molar-refractivity contribution is -0.116. The largest absolute Gasteiger partial charge is 0.490 e. The number of hydrazone groups is 1. The average molecular weight is 586 g/mol. The SMILES string of the molecule is CCOc1cc([C@H]2N=c3ccc(Br)cc3=C3C(=O)NC(SC)=NN32)cc(Cl)c1OCc1ccccc1. The summed E-state index contributed by atoms with van der Waals surface area (Å²) in [5.74, 6) is 0.720. The average Bonchev–Trinajstić information content (AvgIpc) is 2.88. The van der Waals surface area contributed by atoms with E-state index in [9.17, 15) is 4.79 Å². The van der Waals surface area contributed by atoms with Gasteiger partial charge in [-0.2, -0.15) is 0 Å². The van der Waals surface area contributed by atoms with Crippen LogP contribution in [-0.2, 0) is 11.4 Å². The standard InChI is InChI=1S/C26H22BrClN4O3S/c1-3-34-21-12-16(11-19(28)23(21)35-14-15-7-5-4-6-8-15)24-29-20-10-9-17(27)13-18(20)22-25(33)30-26(36-2)31-32(22)24/h4-13,24H,3,14H2,1-2H3,(H,30,31,33)/t24-/m0/s1. The minimum Gasteiger partial charge on any atom is -0.490 e. The number of benzene rings is 3. The van der Waals surface area contributed by atoms with Gasteiger partial charge in [0.2, 0.25) is 0 Å². The number of rotatable bonds is 6. The zero-order valence-corrected chi connectivity index (χ0v) is 22.7. The Morgan fingerprint density at radius 2 is 1.94 bits per heavy atom. The molecular weight excluding hydrogens is 564 g/mol. The number of halogens is 2. The number of nitrogens with one attached hydrogen (secondary N) is 1. The molecule has 0 fully saturated rings. The van der Waals surface area contributed by atoms with Crippen molar-refractivity contribution >= 4 is 56.1 Å². The smallest absolute Gasteiger partial charge is 0.276 e. The highest BCUT2D eigenvalue weighted by Gasteiger charge is 2.35. The van der Waals surface area contributed by atoms with Crippen LogP contribution in [0, 0.1) is 0 Å². The van der Waals surface area contributed by atoms with Crippen LogP contribution in [0.2, 0.25) is 5.02 Å². The van der Waals surface area contributed by atoms with Gasteiger partial charge < -0.3 is 9.47 Å². The molecule has 3 aromatic carbocycles. The lowest BCUT2D eigenvalue weighted by Gasteiger charge is -2.34. The number of ether oxygens (including phenoxy) is 2. The monoisotopic (exact) mass is 584 g/mol. The van der Waals surface area contributed by atoms with E-state index in [2.05, 4.69) is 26.3 Å². The maximum absolute atomic E-state index is 13.1. The Labute approximate surface area is 226 Å². The van der Waals surface area contributed by atoms with Crippen molar-refractivity contribution in [1.82, 2.24) is 10.3 Å². The maximum atomic E-state index is 13.1. The number of fused-ring (bicyclic) bond motifs is 2. The lowest BCUT2D eigenvalue weighted by atomic mass is 10.1. The Kier molecular flexibility index (Phi) is 7.22. The van der Waals surface area contributed by atoms with Gasteiger partial charge in [0.1, 0.15) is 12.3 Å². The van der Waals surface area contributed by atoms with Crippen LogP contribution >= 0.6 is 39.3 Å². The summed E-state index contributed by atoms with van der Waals surface area (Å²) in [6.07, 6.45) is 1.23. The van der Waals surface area contributed by atoms with Gasteiger partial charge in [-0.05, 0) is 49.1 Å². The predicted octanol–water partition coefficient (Wildman–Crippen LogP) is 4.59. The number of thioether (sulfide) groups is 1. The fourth-order valence-electron chi connectivity index (χ4n) is 4.03. The minimum atomic E-state index is -0.623. The summed E-state index contributed by atoms with van der Waals surface area (Å²) >= 11 is 11.6. The van der Waals surface area contributed by atoms with Crippen LogP contribution in [0.3, 0.4) is 0 Å². The zero-order chi connectivity index (χ0) is 25.2. The van der Waals surface area contributed by atoms with Crippen molar-refractivity contribution in [3.8, 4) is 11.5 Å². The summed E-state index contributed by atoms with van der Waals surface area (Å²) in [5, 5.41) is 11.4. The molecule has 0 bridgehead atoms. The van der Waals surface area contributed by atoms with E-state index in [1.54, 1.807) is 11.1 Å². The first-order chi connectivity index (χ1) is 17.5. The van der Waals surface area contributed by atoms with Crippen molar-refractivity contribution in [3.05, 3.63) is 91.9 Å². The summed E-state index contributed by atoms with van der Waals surface area (Å²) in [6.45, 7) is 2.68. The number of nitrogens with zero attached hydrogens (tertiary/aromatic N) is 3. The molecule has 2 heterocycles. The van der Waals surface area contributed by atoms with Crippen molar-refractivity contribution in [3.63, 3.8) is 0 Å². The van der Waals surface area contributed by atoms with Crippen LogP contribution in [0.1, 0.15) is 24.2 Å². The van der Waals surface area contributed by atoms with E-state index in [4.69, 9.17) is 26.1 Å². The second kappa shape index (κ2) is 10.5. The highest BCUT2D eigenvalue weighted by molar-refractivity contribution is 9.10. The van der Waals surface area contributed by atoms with Crippen molar-refractivity contribution in [2.45, 2.75) is 19.7 Å². The van der Waals surface area contributed by atoms with Crippen molar-refractivity contribution in [2.24, 2.45) is 10.1 Å². The highest BCUT2D eigenvalue weighted by atomic mass is 79.9. The molecule has 0 saturated carbocycles. The molecule has 2 aliphatic heterocycles. The molecule has 7 nitrogen and oxygen atoms in total. The highest BCUT2D eigenvalue weighted by Crippen LogP contribution is 2.41. The molecule has 5 rings (SSSR count). The van der Waals surface area contributed by atoms with Gasteiger partial charge in [0.15, 0.2) is 22.8 Å². The lowest BCUT2D eigenvalue weighted by Crippen LogP contribution is -2.50. The molecule has 36 heavy (non-hydrogen) atoms. The fraction of sp³-hybridized carbons (Fsp3) is 0.192. The van der Waals surface area contributed by atoms with Crippen LogP contribution < -0.4 is 25.4 Å². The predicted molar refractivity (Wildman–Crippen MR) is 145 cm³/mol. The number of amidine groups is 1. The Balaban J connectivity index is 1.61. The molecule has 1 atom stereocenters. The normalized spacial score (nSPS) is 16.4. The van der Waals surface area contributed by atoms with E-state index >= 15 is 0 Å². The molecule has 0 radical (unpaired) electrons. The van der Waals surface area contributed by atoms with Gasteiger partial charge in [0, 0.05) is 15.3 Å². The molecule has 0 aromatic heterocycles. The minimum absolute atomic E-state index is 0.243. The summed E-state index contributed by atoms with van der Waals surface area (Å²) < 4.78 is 12.8. The van der Waals surface area contributed by atoms with E-state index in [0.717, 1.165) is 15.6 Å². The molecule has 1 N–H and O–H groups in total. The Bertz CT molecular complexity index is 1480. The topological polar surface area (TPSA) is 75.5 Å². The summed E-state index contributed by atoms with van der Waals surface area (Å²) in [6, 6.07) is 19.1. The van der Waals surface area contributed by atoms with E-state index in [-0.39, 0.29) is 5.91 Å². The van der Waals surface area contributed by atoms with Gasteiger partial charge in [-0.25, -0.2) is 5.01 Å². The third-order valence-electron chi connectivity index (χ3n) is 5.62. The van der Waals surface area contributed by atoms with Crippen molar-refractivity contribution in [2.75, 3.05) is 12.9 Å². The third-order valence-corrected chi connectivity index (χ3v) is 6.96. The number of hydrogen-bond donors (Lipinski definition) is 1. The van der Waals surface area contributed by atoms with Crippen LogP contribution in [0.4, 0.5) is 0 Å². The number of carbonyl (C=O) groups is 1. The summed E-state index contributed by atoms with van der Waals surface area (Å²) in [4.78, 5) is 18.1. The Morgan fingerprint density at radius 3 is 2.69 bits per heavy atom. The van der Waals surface area contributed by atoms with Crippen LogP contribution in [0.15, 0.2) is 75.2 Å². The second-order valence-corrected chi connectivity index (χ2v) is 10.1. The van der Waals surface area contributed by atoms with Gasteiger partial charge in [-0.1, -0.05) is 69.6 Å². The molecular formula is C26H22BrClN4O3S. The molecule has 0 saturated heterocycles. The van der Waals surface area contributed by atoms with E-state index in [1.165, 1.54) is 11.8 Å². The van der Waals surface area contributed by atoms with Crippen LogP contribution in [-0.4, -0.2) is 28.9 Å². The van der Waals surface area contributed by atoms with E-state index in [0.29, 0.717) is 51.2 Å². The third kappa shape index (κ3) is 4.83. The Hall–Kier alpha value is -3.01. The summed E-state index contributed by atoms with van der Waals surface area (Å²) in [7, 11) is 0. The van der Waals surface area contributed by atoms with Gasteiger partial charge in [-0.15, -0.1) is 5.10 Å². The first-order valence-electron chi connectivity index (χ1n) is 11.2. The van der Waals surface area contributed by atoms with Crippen LogP contribution in [0.5, 0.6) is 11.5 Å². The quantitative estimate of drug-likeness (QED) is 0.458. The van der Waals surface area contributed by atoms with Gasteiger partial charge >= 0.3 is 0 Å². The molecule has 0 aliphatic carbocycles. The van der Waals surface area contributed by atoms with Crippen molar-refractivity contribution in [1.29, 1.82) is 0 Å².